The van der Waals surface area contributed by atoms with Gasteiger partial charge < -0.3 is 15.2 Å². The molecule has 0 aromatic heterocycles. The number of rotatable bonds is 2. The molecule has 0 amide bonds. The van der Waals surface area contributed by atoms with Crippen LogP contribution in [0.5, 0.6) is 11.5 Å². The first-order valence-electron chi connectivity index (χ1n) is 5.56. The Labute approximate surface area is 96.5 Å². The number of benzene rings is 1. The smallest absolute Gasteiger partial charge is 0.231 e. The van der Waals surface area contributed by atoms with E-state index in [1.54, 1.807) is 0 Å². The SMILES string of the molecule is Cc1cc2c(c(CC(C)(C)N)c1C)OCO2. The van der Waals surface area contributed by atoms with Gasteiger partial charge in [0.15, 0.2) is 11.5 Å². The van der Waals surface area contributed by atoms with Gasteiger partial charge in [0.2, 0.25) is 6.79 Å². The van der Waals surface area contributed by atoms with Crippen LogP contribution >= 0.6 is 0 Å². The first-order chi connectivity index (χ1) is 7.38. The predicted octanol–water partition coefficient (Wildman–Crippen LogP) is 2.31. The van der Waals surface area contributed by atoms with Crippen LogP contribution in [0.25, 0.3) is 0 Å². The van der Waals surface area contributed by atoms with E-state index in [0.717, 1.165) is 17.9 Å². The highest BCUT2D eigenvalue weighted by Gasteiger charge is 2.24. The van der Waals surface area contributed by atoms with E-state index >= 15 is 0 Å². The molecule has 2 rings (SSSR count). The lowest BCUT2D eigenvalue weighted by molar-refractivity contribution is 0.173. The zero-order chi connectivity index (χ0) is 11.9. The van der Waals surface area contributed by atoms with Crippen molar-refractivity contribution in [3.8, 4) is 11.5 Å². The van der Waals surface area contributed by atoms with E-state index in [1.807, 2.05) is 19.9 Å². The van der Waals surface area contributed by atoms with Crippen molar-refractivity contribution in [2.24, 2.45) is 5.73 Å². The molecule has 0 aliphatic carbocycles. The Morgan fingerprint density at radius 3 is 2.62 bits per heavy atom. The number of hydrogen-bond acceptors (Lipinski definition) is 3. The molecule has 88 valence electrons. The molecular weight excluding hydrogens is 202 g/mol. The molecule has 1 aliphatic rings. The Kier molecular flexibility index (Phi) is 2.58. The monoisotopic (exact) mass is 221 g/mol. The Bertz CT molecular complexity index is 419. The van der Waals surface area contributed by atoms with E-state index in [0.29, 0.717) is 6.79 Å². The van der Waals surface area contributed by atoms with Crippen LogP contribution in [-0.2, 0) is 6.42 Å². The van der Waals surface area contributed by atoms with E-state index < -0.39 is 0 Å². The Morgan fingerprint density at radius 2 is 2.00 bits per heavy atom. The summed E-state index contributed by atoms with van der Waals surface area (Å²) in [6.45, 7) is 8.56. The molecule has 0 atom stereocenters. The molecule has 1 aromatic rings. The fraction of sp³-hybridized carbons (Fsp3) is 0.538. The van der Waals surface area contributed by atoms with Gasteiger partial charge in [-0.2, -0.15) is 0 Å². The third-order valence-electron chi connectivity index (χ3n) is 2.94. The highest BCUT2D eigenvalue weighted by molar-refractivity contribution is 5.55. The molecule has 2 N–H and O–H groups in total. The van der Waals surface area contributed by atoms with Gasteiger partial charge in [0.25, 0.3) is 0 Å². The van der Waals surface area contributed by atoms with E-state index in [4.69, 9.17) is 15.2 Å². The second-order valence-corrected chi connectivity index (χ2v) is 5.20. The van der Waals surface area contributed by atoms with E-state index in [2.05, 4.69) is 13.8 Å². The number of nitrogens with two attached hydrogens (primary N) is 1. The van der Waals surface area contributed by atoms with Gasteiger partial charge in [0, 0.05) is 11.1 Å². The van der Waals surface area contributed by atoms with Crippen molar-refractivity contribution in [3.05, 3.63) is 22.8 Å². The van der Waals surface area contributed by atoms with Gasteiger partial charge >= 0.3 is 0 Å². The molecule has 0 bridgehead atoms. The Morgan fingerprint density at radius 1 is 1.31 bits per heavy atom. The molecule has 0 fully saturated rings. The molecular formula is C13H19NO2. The normalized spacial score (nSPS) is 14.3. The quantitative estimate of drug-likeness (QED) is 0.833. The van der Waals surface area contributed by atoms with Crippen LogP contribution in [0.1, 0.15) is 30.5 Å². The zero-order valence-electron chi connectivity index (χ0n) is 10.4. The van der Waals surface area contributed by atoms with E-state index in [1.165, 1.54) is 16.7 Å². The molecule has 0 spiro atoms. The highest BCUT2D eigenvalue weighted by atomic mass is 16.7. The van der Waals surface area contributed by atoms with Crippen molar-refractivity contribution in [2.75, 3.05) is 6.79 Å². The summed E-state index contributed by atoms with van der Waals surface area (Å²) in [7, 11) is 0. The van der Waals surface area contributed by atoms with Gasteiger partial charge in [-0.05, 0) is 51.3 Å². The van der Waals surface area contributed by atoms with E-state index in [-0.39, 0.29) is 5.54 Å². The maximum atomic E-state index is 6.08. The highest BCUT2D eigenvalue weighted by Crippen LogP contribution is 2.40. The number of hydrogen-bond donors (Lipinski definition) is 1. The summed E-state index contributed by atoms with van der Waals surface area (Å²) < 4.78 is 11.0. The second kappa shape index (κ2) is 3.67. The summed E-state index contributed by atoms with van der Waals surface area (Å²) in [6, 6.07) is 2.03. The lowest BCUT2D eigenvalue weighted by Crippen LogP contribution is -2.34. The van der Waals surface area contributed by atoms with Gasteiger partial charge in [0.05, 0.1) is 0 Å². The average molecular weight is 221 g/mol. The average Bonchev–Trinajstić information content (AvgIpc) is 2.58. The largest absolute Gasteiger partial charge is 0.454 e. The molecule has 3 heteroatoms. The Hall–Kier alpha value is -1.22. The standard InChI is InChI=1S/C13H19NO2/c1-8-5-11-12(16-7-15-11)10(9(8)2)6-13(3,4)14/h5H,6-7,14H2,1-4H3. The zero-order valence-corrected chi connectivity index (χ0v) is 10.4. The summed E-state index contributed by atoms with van der Waals surface area (Å²) in [5.41, 5.74) is 9.50. The molecule has 3 nitrogen and oxygen atoms in total. The van der Waals surface area contributed by atoms with Crippen molar-refractivity contribution in [3.63, 3.8) is 0 Å². The van der Waals surface area contributed by atoms with Crippen molar-refractivity contribution in [1.29, 1.82) is 0 Å². The minimum atomic E-state index is -0.238. The van der Waals surface area contributed by atoms with Crippen molar-refractivity contribution in [2.45, 2.75) is 39.7 Å². The molecule has 1 heterocycles. The minimum Gasteiger partial charge on any atom is -0.454 e. The molecule has 0 radical (unpaired) electrons. The fourth-order valence-electron chi connectivity index (χ4n) is 2.01. The van der Waals surface area contributed by atoms with Gasteiger partial charge in [-0.1, -0.05) is 0 Å². The topological polar surface area (TPSA) is 44.5 Å². The van der Waals surface area contributed by atoms with Gasteiger partial charge in [-0.3, -0.25) is 0 Å². The van der Waals surface area contributed by atoms with Crippen molar-refractivity contribution in [1.82, 2.24) is 0 Å². The van der Waals surface area contributed by atoms with Gasteiger partial charge in [0.1, 0.15) is 0 Å². The van der Waals surface area contributed by atoms with Gasteiger partial charge in [-0.25, -0.2) is 0 Å². The third kappa shape index (κ3) is 2.00. The minimum absolute atomic E-state index is 0.238. The molecule has 0 saturated heterocycles. The molecule has 16 heavy (non-hydrogen) atoms. The fourth-order valence-corrected chi connectivity index (χ4v) is 2.01. The molecule has 1 aliphatic heterocycles. The number of ether oxygens (including phenoxy) is 2. The van der Waals surface area contributed by atoms with Crippen LogP contribution in [0.3, 0.4) is 0 Å². The summed E-state index contributed by atoms with van der Waals surface area (Å²) in [4.78, 5) is 0. The predicted molar refractivity (Wildman–Crippen MR) is 64.0 cm³/mol. The lowest BCUT2D eigenvalue weighted by atomic mass is 9.90. The lowest BCUT2D eigenvalue weighted by Gasteiger charge is -2.21. The van der Waals surface area contributed by atoms with Crippen LogP contribution in [0.4, 0.5) is 0 Å². The summed E-state index contributed by atoms with van der Waals surface area (Å²) in [6.07, 6.45) is 0.798. The van der Waals surface area contributed by atoms with Gasteiger partial charge in [-0.15, -0.1) is 0 Å². The first kappa shape index (κ1) is 11.3. The Balaban J connectivity index is 2.50. The second-order valence-electron chi connectivity index (χ2n) is 5.20. The molecule has 1 aromatic carbocycles. The number of fused-ring (bicyclic) bond motifs is 1. The maximum Gasteiger partial charge on any atom is 0.231 e. The van der Waals surface area contributed by atoms with Crippen molar-refractivity contribution < 1.29 is 9.47 Å². The summed E-state index contributed by atoms with van der Waals surface area (Å²) in [5.74, 6) is 1.73. The van der Waals surface area contributed by atoms with Crippen LogP contribution in [0, 0.1) is 13.8 Å². The summed E-state index contributed by atoms with van der Waals surface area (Å²) >= 11 is 0. The summed E-state index contributed by atoms with van der Waals surface area (Å²) in [5, 5.41) is 0. The van der Waals surface area contributed by atoms with Crippen LogP contribution in [0.2, 0.25) is 0 Å². The van der Waals surface area contributed by atoms with Crippen LogP contribution in [0.15, 0.2) is 6.07 Å². The van der Waals surface area contributed by atoms with Crippen LogP contribution in [-0.4, -0.2) is 12.3 Å². The van der Waals surface area contributed by atoms with Crippen molar-refractivity contribution >= 4 is 0 Å². The first-order valence-corrected chi connectivity index (χ1v) is 5.56. The third-order valence-corrected chi connectivity index (χ3v) is 2.94. The van der Waals surface area contributed by atoms with Crippen LogP contribution < -0.4 is 15.2 Å². The number of aryl methyl sites for hydroxylation is 1. The maximum absolute atomic E-state index is 6.08. The molecule has 0 unspecified atom stereocenters. The molecule has 0 saturated carbocycles. The van der Waals surface area contributed by atoms with E-state index in [9.17, 15) is 0 Å².